The lowest BCUT2D eigenvalue weighted by molar-refractivity contribution is -0.118. The van der Waals surface area contributed by atoms with Crippen LogP contribution in [-0.2, 0) is 9.53 Å². The molecular formula is C23H24FN7O3. The molecule has 34 heavy (non-hydrogen) atoms. The van der Waals surface area contributed by atoms with Gasteiger partial charge in [-0.15, -0.1) is 0 Å². The number of pyridine rings is 1. The van der Waals surface area contributed by atoms with E-state index in [1.54, 1.807) is 12.1 Å². The average Bonchev–Trinajstić information content (AvgIpc) is 2.81. The molecule has 0 radical (unpaired) electrons. The number of carbonyl (C=O) groups excluding carboxylic acids is 1. The quantitative estimate of drug-likeness (QED) is 0.521. The summed E-state index contributed by atoms with van der Waals surface area (Å²) in [6, 6.07) is 11.1. The molecule has 0 aliphatic carbocycles. The fraction of sp³-hybridized carbons (Fsp3) is 0.304. The first-order chi connectivity index (χ1) is 16.4. The third kappa shape index (κ3) is 4.84. The number of amides is 1. The number of benzene rings is 1. The molecule has 10 nitrogen and oxygen atoms in total. The third-order valence-corrected chi connectivity index (χ3v) is 5.37. The van der Waals surface area contributed by atoms with Gasteiger partial charge in [0, 0.05) is 24.5 Å². The molecule has 2 aliphatic rings. The van der Waals surface area contributed by atoms with Crippen molar-refractivity contribution < 1.29 is 18.7 Å². The summed E-state index contributed by atoms with van der Waals surface area (Å²) < 4.78 is 25.5. The van der Waals surface area contributed by atoms with E-state index in [1.807, 2.05) is 24.3 Å². The normalized spacial score (nSPS) is 19.6. The second-order valence-corrected chi connectivity index (χ2v) is 8.23. The zero-order valence-electron chi connectivity index (χ0n) is 18.7. The Hall–Kier alpha value is -3.99. The van der Waals surface area contributed by atoms with Crippen LogP contribution in [0.25, 0.3) is 0 Å². The lowest BCUT2D eigenvalue weighted by Crippen LogP contribution is -2.45. The van der Waals surface area contributed by atoms with Gasteiger partial charge in [-0.25, -0.2) is 14.4 Å². The number of nitrogens with one attached hydrogen (secondary N) is 3. The number of fused-ring (bicyclic) bond motifs is 1. The van der Waals surface area contributed by atoms with Gasteiger partial charge in [0.05, 0.1) is 18.4 Å². The lowest BCUT2D eigenvalue weighted by atomic mass is 10.2. The molecule has 1 fully saturated rings. The molecule has 0 saturated carbocycles. The SMILES string of the molecule is CC1CN(c2ccc(Nc3ncc(F)c(Nc4ccc5c(n4)NC(=O)CO5)n3)cc2)CC(C)O1. The largest absolute Gasteiger partial charge is 0.480 e. The van der Waals surface area contributed by atoms with Crippen molar-refractivity contribution >= 4 is 40.7 Å². The van der Waals surface area contributed by atoms with Crippen molar-refractivity contribution in [2.75, 3.05) is 40.5 Å². The number of hydrogen-bond donors (Lipinski definition) is 3. The maximum absolute atomic E-state index is 14.4. The first-order valence-corrected chi connectivity index (χ1v) is 10.9. The van der Waals surface area contributed by atoms with Crippen molar-refractivity contribution in [1.29, 1.82) is 0 Å². The Labute approximate surface area is 195 Å². The molecule has 1 saturated heterocycles. The number of aromatic nitrogens is 3. The van der Waals surface area contributed by atoms with Gasteiger partial charge in [0.2, 0.25) is 5.95 Å². The fourth-order valence-electron chi connectivity index (χ4n) is 3.94. The molecule has 3 aromatic rings. The third-order valence-electron chi connectivity index (χ3n) is 5.37. The topological polar surface area (TPSA) is 114 Å². The molecule has 5 rings (SSSR count). The van der Waals surface area contributed by atoms with E-state index < -0.39 is 5.82 Å². The lowest BCUT2D eigenvalue weighted by Gasteiger charge is -2.36. The van der Waals surface area contributed by atoms with Crippen LogP contribution >= 0.6 is 0 Å². The van der Waals surface area contributed by atoms with Gasteiger partial charge >= 0.3 is 0 Å². The molecule has 4 heterocycles. The van der Waals surface area contributed by atoms with E-state index in [-0.39, 0.29) is 42.3 Å². The van der Waals surface area contributed by atoms with E-state index >= 15 is 0 Å². The van der Waals surface area contributed by atoms with Crippen LogP contribution in [0.15, 0.2) is 42.6 Å². The Morgan fingerprint density at radius 2 is 1.82 bits per heavy atom. The van der Waals surface area contributed by atoms with Crippen LogP contribution in [0.1, 0.15) is 13.8 Å². The highest BCUT2D eigenvalue weighted by Crippen LogP contribution is 2.29. The minimum Gasteiger partial charge on any atom is -0.480 e. The van der Waals surface area contributed by atoms with Gasteiger partial charge in [-0.1, -0.05) is 0 Å². The number of ether oxygens (including phenoxy) is 2. The molecule has 11 heteroatoms. The summed E-state index contributed by atoms with van der Waals surface area (Å²) in [5.74, 6) is 0.224. The summed E-state index contributed by atoms with van der Waals surface area (Å²) >= 11 is 0. The van der Waals surface area contributed by atoms with Crippen LogP contribution in [0.5, 0.6) is 5.75 Å². The zero-order valence-corrected chi connectivity index (χ0v) is 18.7. The molecule has 2 unspecified atom stereocenters. The zero-order chi connectivity index (χ0) is 23.7. The molecule has 1 aromatic carbocycles. The van der Waals surface area contributed by atoms with E-state index in [9.17, 15) is 9.18 Å². The summed E-state index contributed by atoms with van der Waals surface area (Å²) in [5, 5.41) is 8.53. The Morgan fingerprint density at radius 3 is 2.59 bits per heavy atom. The summed E-state index contributed by atoms with van der Waals surface area (Å²) in [6.07, 6.45) is 1.42. The molecule has 0 bridgehead atoms. The van der Waals surface area contributed by atoms with Gasteiger partial charge in [-0.2, -0.15) is 4.98 Å². The van der Waals surface area contributed by atoms with Gasteiger partial charge in [0.1, 0.15) is 5.82 Å². The van der Waals surface area contributed by atoms with Crippen molar-refractivity contribution in [2.45, 2.75) is 26.1 Å². The van der Waals surface area contributed by atoms with Crippen LogP contribution in [0.4, 0.5) is 39.2 Å². The first-order valence-electron chi connectivity index (χ1n) is 10.9. The second-order valence-electron chi connectivity index (χ2n) is 8.23. The smallest absolute Gasteiger partial charge is 0.263 e. The van der Waals surface area contributed by atoms with Crippen molar-refractivity contribution in [3.63, 3.8) is 0 Å². The number of hydrogen-bond acceptors (Lipinski definition) is 9. The van der Waals surface area contributed by atoms with Crippen LogP contribution in [0.2, 0.25) is 0 Å². The number of halogens is 1. The Bertz CT molecular complexity index is 1200. The van der Waals surface area contributed by atoms with E-state index in [4.69, 9.17) is 9.47 Å². The van der Waals surface area contributed by atoms with Gasteiger partial charge in [0.15, 0.2) is 29.8 Å². The van der Waals surface area contributed by atoms with Gasteiger partial charge in [0.25, 0.3) is 5.91 Å². The predicted molar refractivity (Wildman–Crippen MR) is 126 cm³/mol. The second kappa shape index (κ2) is 9.10. The highest BCUT2D eigenvalue weighted by molar-refractivity contribution is 5.94. The summed E-state index contributed by atoms with van der Waals surface area (Å²) in [4.78, 5) is 26.3. The van der Waals surface area contributed by atoms with E-state index in [1.165, 1.54) is 0 Å². The van der Waals surface area contributed by atoms with Crippen molar-refractivity contribution in [3.8, 4) is 5.75 Å². The number of anilines is 6. The fourth-order valence-corrected chi connectivity index (χ4v) is 3.94. The minimum absolute atomic E-state index is 0.0547. The monoisotopic (exact) mass is 465 g/mol. The number of rotatable bonds is 5. The standard InChI is InChI=1S/C23H24FN7O3/c1-13-10-31(11-14(2)34-13)16-5-3-15(4-6-16)26-23-25-9-17(24)21(30-23)27-19-8-7-18-22(28-19)29-20(32)12-33-18/h3-9,13-14H,10-12H2,1-2H3,(H3,25,26,27,28,29,30,32). The predicted octanol–water partition coefficient (Wildman–Crippen LogP) is 3.44. The molecule has 2 aromatic heterocycles. The van der Waals surface area contributed by atoms with Crippen LogP contribution in [-0.4, -0.2) is 52.8 Å². The Morgan fingerprint density at radius 1 is 1.06 bits per heavy atom. The average molecular weight is 465 g/mol. The number of nitrogens with zero attached hydrogens (tertiary/aromatic N) is 4. The van der Waals surface area contributed by atoms with Crippen molar-refractivity contribution in [3.05, 3.63) is 48.4 Å². The molecule has 0 spiro atoms. The molecule has 2 atom stereocenters. The first kappa shape index (κ1) is 21.8. The van der Waals surface area contributed by atoms with Gasteiger partial charge < -0.3 is 30.3 Å². The molecular weight excluding hydrogens is 441 g/mol. The molecule has 176 valence electrons. The summed E-state index contributed by atoms with van der Waals surface area (Å²) in [6.45, 7) is 5.74. The maximum atomic E-state index is 14.4. The molecule has 3 N–H and O–H groups in total. The Balaban J connectivity index is 1.29. The molecule has 2 aliphatic heterocycles. The van der Waals surface area contributed by atoms with Crippen molar-refractivity contribution in [1.82, 2.24) is 15.0 Å². The van der Waals surface area contributed by atoms with Gasteiger partial charge in [-0.3, -0.25) is 4.79 Å². The maximum Gasteiger partial charge on any atom is 0.263 e. The van der Waals surface area contributed by atoms with Crippen LogP contribution in [0, 0.1) is 5.82 Å². The Kier molecular flexibility index (Phi) is 5.84. The van der Waals surface area contributed by atoms with E-state index in [0.29, 0.717) is 11.6 Å². The summed E-state index contributed by atoms with van der Waals surface area (Å²) in [5.41, 5.74) is 1.87. The highest BCUT2D eigenvalue weighted by Gasteiger charge is 2.22. The van der Waals surface area contributed by atoms with E-state index in [2.05, 4.69) is 49.6 Å². The van der Waals surface area contributed by atoms with Crippen molar-refractivity contribution in [2.24, 2.45) is 0 Å². The number of carbonyl (C=O) groups is 1. The summed E-state index contributed by atoms with van der Waals surface area (Å²) in [7, 11) is 0. The molecule has 1 amide bonds. The minimum atomic E-state index is -0.642. The van der Waals surface area contributed by atoms with Crippen LogP contribution < -0.4 is 25.6 Å². The van der Waals surface area contributed by atoms with E-state index in [0.717, 1.165) is 30.7 Å². The highest BCUT2D eigenvalue weighted by atomic mass is 19.1. The van der Waals surface area contributed by atoms with Crippen LogP contribution in [0.3, 0.4) is 0 Å². The van der Waals surface area contributed by atoms with Gasteiger partial charge in [-0.05, 0) is 50.2 Å². The number of morpholine rings is 1.